The minimum absolute atomic E-state index is 0.135. The maximum Gasteiger partial charge on any atom is 0.253 e. The summed E-state index contributed by atoms with van der Waals surface area (Å²) in [6.45, 7) is 5.35. The quantitative estimate of drug-likeness (QED) is 0.911. The molecule has 3 saturated heterocycles. The van der Waals surface area contributed by atoms with E-state index in [4.69, 9.17) is 9.47 Å². The topological polar surface area (TPSA) is 50.8 Å². The van der Waals surface area contributed by atoms with E-state index < -0.39 is 0 Å². The van der Waals surface area contributed by atoms with Crippen LogP contribution in [-0.4, -0.2) is 56.3 Å². The van der Waals surface area contributed by atoms with Crippen LogP contribution in [0.15, 0.2) is 24.3 Å². The van der Waals surface area contributed by atoms with Crippen molar-refractivity contribution < 1.29 is 14.3 Å². The molecular weight excluding hydrogens is 316 g/mol. The smallest absolute Gasteiger partial charge is 0.253 e. The second-order valence-corrected chi connectivity index (χ2v) is 7.52. The third-order valence-corrected chi connectivity index (χ3v) is 5.85. The zero-order valence-electron chi connectivity index (χ0n) is 14.8. The fraction of sp³-hybridized carbons (Fsp3) is 0.650. The predicted octanol–water partition coefficient (Wildman–Crippen LogP) is 2.32. The Bertz CT molecular complexity index is 586. The summed E-state index contributed by atoms with van der Waals surface area (Å²) in [5.74, 6) is 2.37. The molecule has 3 aliphatic heterocycles. The van der Waals surface area contributed by atoms with Gasteiger partial charge in [0, 0.05) is 25.3 Å². The first-order valence-corrected chi connectivity index (χ1v) is 9.64. The number of nitrogens with zero attached hydrogens (tertiary/aromatic N) is 1. The number of nitrogens with one attached hydrogen (secondary N) is 1. The van der Waals surface area contributed by atoms with E-state index in [0.717, 1.165) is 81.6 Å². The molecule has 0 bridgehead atoms. The molecule has 1 N–H and O–H groups in total. The molecule has 0 radical (unpaired) electrons. The van der Waals surface area contributed by atoms with E-state index in [1.54, 1.807) is 0 Å². The molecule has 3 atom stereocenters. The van der Waals surface area contributed by atoms with Crippen LogP contribution < -0.4 is 10.1 Å². The molecule has 4 rings (SSSR count). The Hall–Kier alpha value is -1.59. The van der Waals surface area contributed by atoms with E-state index in [9.17, 15) is 4.79 Å². The number of hydrogen-bond donors (Lipinski definition) is 1. The molecular formula is C20H28N2O3. The molecule has 3 aliphatic rings. The zero-order valence-corrected chi connectivity index (χ0v) is 14.8. The lowest BCUT2D eigenvalue weighted by atomic mass is 9.92. The van der Waals surface area contributed by atoms with Gasteiger partial charge in [-0.25, -0.2) is 0 Å². The molecule has 5 nitrogen and oxygen atoms in total. The summed E-state index contributed by atoms with van der Waals surface area (Å²) in [7, 11) is 0. The molecule has 0 spiro atoms. The second kappa shape index (κ2) is 7.75. The third kappa shape index (κ3) is 3.98. The van der Waals surface area contributed by atoms with Crippen LogP contribution in [-0.2, 0) is 4.74 Å². The van der Waals surface area contributed by atoms with E-state index in [0.29, 0.717) is 6.61 Å². The fourth-order valence-electron chi connectivity index (χ4n) is 4.29. The number of fused-ring (bicyclic) bond motifs is 1. The Morgan fingerprint density at radius 2 is 2.00 bits per heavy atom. The highest BCUT2D eigenvalue weighted by molar-refractivity contribution is 5.94. The average Bonchev–Trinajstić information content (AvgIpc) is 3.28. The third-order valence-electron chi connectivity index (χ3n) is 5.85. The number of likely N-dealkylation sites (tertiary alicyclic amines) is 1. The van der Waals surface area contributed by atoms with Crippen LogP contribution in [0.3, 0.4) is 0 Å². The van der Waals surface area contributed by atoms with Gasteiger partial charge in [-0.15, -0.1) is 0 Å². The highest BCUT2D eigenvalue weighted by Crippen LogP contribution is 2.28. The van der Waals surface area contributed by atoms with Gasteiger partial charge in [0.1, 0.15) is 12.4 Å². The lowest BCUT2D eigenvalue weighted by Crippen LogP contribution is -2.32. The van der Waals surface area contributed by atoms with Gasteiger partial charge in [-0.3, -0.25) is 4.79 Å². The van der Waals surface area contributed by atoms with Gasteiger partial charge in [-0.1, -0.05) is 6.07 Å². The molecule has 136 valence electrons. The van der Waals surface area contributed by atoms with Crippen LogP contribution in [0.25, 0.3) is 0 Å². The number of carbonyl (C=O) groups excluding carboxylic acids is 1. The molecule has 1 amide bonds. The van der Waals surface area contributed by atoms with Gasteiger partial charge in [0.25, 0.3) is 5.91 Å². The van der Waals surface area contributed by atoms with Gasteiger partial charge >= 0.3 is 0 Å². The van der Waals surface area contributed by atoms with E-state index in [-0.39, 0.29) is 12.0 Å². The van der Waals surface area contributed by atoms with Crippen molar-refractivity contribution in [2.75, 3.05) is 39.4 Å². The molecule has 1 unspecified atom stereocenters. The van der Waals surface area contributed by atoms with Crippen molar-refractivity contribution in [3.8, 4) is 5.75 Å². The number of ether oxygens (including phenoxy) is 2. The molecule has 25 heavy (non-hydrogen) atoms. The first kappa shape index (κ1) is 16.9. The number of hydrogen-bond acceptors (Lipinski definition) is 4. The summed E-state index contributed by atoms with van der Waals surface area (Å²) in [5, 5.41) is 3.48. The number of amides is 1. The summed E-state index contributed by atoms with van der Waals surface area (Å²) in [5.41, 5.74) is 0.732. The summed E-state index contributed by atoms with van der Waals surface area (Å²) < 4.78 is 11.4. The average molecular weight is 344 g/mol. The van der Waals surface area contributed by atoms with Crippen molar-refractivity contribution in [2.24, 2.45) is 11.8 Å². The van der Waals surface area contributed by atoms with Gasteiger partial charge in [0.2, 0.25) is 0 Å². The largest absolute Gasteiger partial charge is 0.491 e. The van der Waals surface area contributed by atoms with Gasteiger partial charge < -0.3 is 19.7 Å². The van der Waals surface area contributed by atoms with Crippen molar-refractivity contribution in [3.63, 3.8) is 0 Å². The lowest BCUT2D eigenvalue weighted by molar-refractivity contribution is 0.0677. The van der Waals surface area contributed by atoms with Crippen molar-refractivity contribution in [2.45, 2.75) is 31.8 Å². The Morgan fingerprint density at radius 3 is 2.72 bits per heavy atom. The number of carbonyl (C=O) groups is 1. The SMILES string of the molecule is O=C(c1cccc(OCC2CCCO2)c1)N1CC[C@@H]2CNC[C@@H]2CC1. The maximum atomic E-state index is 12.9. The minimum atomic E-state index is 0.135. The minimum Gasteiger partial charge on any atom is -0.491 e. The summed E-state index contributed by atoms with van der Waals surface area (Å²) in [6.07, 6.45) is 4.58. The van der Waals surface area contributed by atoms with E-state index in [2.05, 4.69) is 5.32 Å². The molecule has 0 aromatic heterocycles. The molecule has 3 fully saturated rings. The summed E-state index contributed by atoms with van der Waals surface area (Å²) >= 11 is 0. The van der Waals surface area contributed by atoms with Crippen LogP contribution in [0, 0.1) is 11.8 Å². The van der Waals surface area contributed by atoms with E-state index in [1.165, 1.54) is 0 Å². The first-order chi connectivity index (χ1) is 12.3. The molecule has 1 aromatic carbocycles. The van der Waals surface area contributed by atoms with Crippen LogP contribution in [0.4, 0.5) is 0 Å². The highest BCUT2D eigenvalue weighted by Gasteiger charge is 2.31. The fourth-order valence-corrected chi connectivity index (χ4v) is 4.29. The van der Waals surface area contributed by atoms with Crippen molar-refractivity contribution in [1.29, 1.82) is 0 Å². The van der Waals surface area contributed by atoms with Gasteiger partial charge in [-0.05, 0) is 68.8 Å². The van der Waals surface area contributed by atoms with Crippen molar-refractivity contribution in [1.82, 2.24) is 10.2 Å². The molecule has 3 heterocycles. The van der Waals surface area contributed by atoms with Crippen LogP contribution in [0.2, 0.25) is 0 Å². The van der Waals surface area contributed by atoms with E-state index in [1.807, 2.05) is 29.2 Å². The second-order valence-electron chi connectivity index (χ2n) is 7.52. The standard InChI is InChI=1S/C20H28N2O3/c23-20(22-8-6-16-12-21-13-17(16)7-9-22)15-3-1-4-18(11-15)25-14-19-5-2-10-24-19/h1,3-4,11,16-17,19,21H,2,5-10,12-14H2/t16-,17+,19?. The van der Waals surface area contributed by atoms with Gasteiger partial charge in [0.15, 0.2) is 0 Å². The van der Waals surface area contributed by atoms with Crippen LogP contribution in [0.1, 0.15) is 36.0 Å². The summed E-state index contributed by atoms with van der Waals surface area (Å²) in [4.78, 5) is 14.9. The predicted molar refractivity (Wildman–Crippen MR) is 95.9 cm³/mol. The zero-order chi connectivity index (χ0) is 17.1. The lowest BCUT2D eigenvalue weighted by Gasteiger charge is -2.21. The molecule has 0 aliphatic carbocycles. The summed E-state index contributed by atoms with van der Waals surface area (Å²) in [6, 6.07) is 7.61. The number of rotatable bonds is 4. The Kier molecular flexibility index (Phi) is 5.22. The van der Waals surface area contributed by atoms with Crippen LogP contribution in [0.5, 0.6) is 5.75 Å². The van der Waals surface area contributed by atoms with Gasteiger partial charge in [0.05, 0.1) is 6.10 Å². The van der Waals surface area contributed by atoms with Gasteiger partial charge in [-0.2, -0.15) is 0 Å². The number of benzene rings is 1. The van der Waals surface area contributed by atoms with Crippen molar-refractivity contribution >= 4 is 5.91 Å². The maximum absolute atomic E-state index is 12.9. The molecule has 1 aromatic rings. The Morgan fingerprint density at radius 1 is 1.20 bits per heavy atom. The monoisotopic (exact) mass is 344 g/mol. The normalized spacial score (nSPS) is 29.3. The first-order valence-electron chi connectivity index (χ1n) is 9.64. The molecule has 5 heteroatoms. The highest BCUT2D eigenvalue weighted by atomic mass is 16.5. The Labute approximate surface area is 149 Å². The van der Waals surface area contributed by atoms with E-state index >= 15 is 0 Å². The van der Waals surface area contributed by atoms with Crippen LogP contribution >= 0.6 is 0 Å². The molecule has 0 saturated carbocycles. The Balaban J connectivity index is 1.37. The van der Waals surface area contributed by atoms with Crippen molar-refractivity contribution in [3.05, 3.63) is 29.8 Å².